The van der Waals surface area contributed by atoms with Crippen molar-refractivity contribution in [1.82, 2.24) is 10.2 Å². The largest absolute Gasteiger partial charge is 0.352 e. The van der Waals surface area contributed by atoms with E-state index in [4.69, 9.17) is 23.2 Å². The zero-order valence-corrected chi connectivity index (χ0v) is 23.9. The fourth-order valence-corrected chi connectivity index (χ4v) is 5.64. The van der Waals surface area contributed by atoms with Gasteiger partial charge in [-0.25, -0.2) is 0 Å². The summed E-state index contributed by atoms with van der Waals surface area (Å²) in [5.41, 5.74) is 3.91. The molecule has 2 unspecified atom stereocenters. The van der Waals surface area contributed by atoms with Gasteiger partial charge in [-0.15, -0.1) is 11.8 Å². The lowest BCUT2D eigenvalue weighted by Crippen LogP contribution is -2.52. The van der Waals surface area contributed by atoms with E-state index in [0.717, 1.165) is 28.7 Å². The van der Waals surface area contributed by atoms with Crippen LogP contribution in [0.4, 0.5) is 0 Å². The smallest absolute Gasteiger partial charge is 0.243 e. The van der Waals surface area contributed by atoms with Crippen LogP contribution in [0.2, 0.25) is 10.0 Å². The molecule has 3 aromatic rings. The summed E-state index contributed by atoms with van der Waals surface area (Å²) in [6.45, 7) is 6.38. The molecule has 0 heterocycles. The molecule has 3 aromatic carbocycles. The highest BCUT2D eigenvalue weighted by molar-refractivity contribution is 7.99. The number of nitrogens with one attached hydrogen (secondary N) is 1. The molecule has 0 saturated heterocycles. The summed E-state index contributed by atoms with van der Waals surface area (Å²) in [5, 5.41) is 4.27. The van der Waals surface area contributed by atoms with Crippen LogP contribution in [0.5, 0.6) is 0 Å². The quantitative estimate of drug-likeness (QED) is 0.259. The second kappa shape index (κ2) is 14.5. The van der Waals surface area contributed by atoms with Crippen molar-refractivity contribution in [2.45, 2.75) is 58.0 Å². The molecule has 0 aliphatic heterocycles. The monoisotopic (exact) mass is 556 g/mol. The Bertz CT molecular complexity index is 1170. The van der Waals surface area contributed by atoms with Crippen molar-refractivity contribution in [1.29, 1.82) is 0 Å². The molecule has 1 N–H and O–H groups in total. The third-order valence-electron chi connectivity index (χ3n) is 6.24. The van der Waals surface area contributed by atoms with E-state index in [1.54, 1.807) is 23.1 Å². The van der Waals surface area contributed by atoms with Crippen molar-refractivity contribution in [2.75, 3.05) is 5.75 Å². The predicted octanol–water partition coefficient (Wildman–Crippen LogP) is 7.09. The highest BCUT2D eigenvalue weighted by atomic mass is 35.5. The molecule has 0 bridgehead atoms. The molecule has 0 saturated carbocycles. The normalized spacial score (nSPS) is 12.6. The lowest BCUT2D eigenvalue weighted by molar-refractivity contribution is -0.139. The summed E-state index contributed by atoms with van der Waals surface area (Å²) in [4.78, 5) is 29.0. The fourth-order valence-electron chi connectivity index (χ4n) is 4.00. The molecule has 0 radical (unpaired) electrons. The Balaban J connectivity index is 1.88. The lowest BCUT2D eigenvalue weighted by Gasteiger charge is -2.32. The molecular formula is C30H34Cl2N2O2S. The number of halogens is 2. The highest BCUT2D eigenvalue weighted by Crippen LogP contribution is 2.28. The second-order valence-electron chi connectivity index (χ2n) is 9.23. The Kier molecular flexibility index (Phi) is 11.4. The van der Waals surface area contributed by atoms with Gasteiger partial charge in [-0.1, -0.05) is 96.4 Å². The van der Waals surface area contributed by atoms with Crippen LogP contribution in [0.15, 0.2) is 72.8 Å². The van der Waals surface area contributed by atoms with Crippen LogP contribution >= 0.6 is 35.0 Å². The number of thioether (sulfide) groups is 1. The van der Waals surface area contributed by atoms with Gasteiger partial charge in [0.2, 0.25) is 11.8 Å². The van der Waals surface area contributed by atoms with Gasteiger partial charge in [0.15, 0.2) is 0 Å². The topological polar surface area (TPSA) is 49.4 Å². The Morgan fingerprint density at radius 3 is 2.24 bits per heavy atom. The van der Waals surface area contributed by atoms with Crippen molar-refractivity contribution in [3.8, 4) is 0 Å². The number of nitrogens with zero attached hydrogens (tertiary/aromatic N) is 1. The molecule has 37 heavy (non-hydrogen) atoms. The van der Waals surface area contributed by atoms with Crippen LogP contribution in [-0.2, 0) is 28.3 Å². The molecular weight excluding hydrogens is 523 g/mol. The van der Waals surface area contributed by atoms with Crippen LogP contribution in [0, 0.1) is 6.92 Å². The maximum absolute atomic E-state index is 13.7. The highest BCUT2D eigenvalue weighted by Gasteiger charge is 2.31. The first kappa shape index (κ1) is 29.1. The van der Waals surface area contributed by atoms with E-state index in [1.807, 2.05) is 69.3 Å². The molecule has 196 valence electrons. The number of hydrogen-bond acceptors (Lipinski definition) is 3. The van der Waals surface area contributed by atoms with Crippen LogP contribution in [0.25, 0.3) is 0 Å². The van der Waals surface area contributed by atoms with Crippen LogP contribution < -0.4 is 5.32 Å². The zero-order chi connectivity index (χ0) is 26.8. The summed E-state index contributed by atoms with van der Waals surface area (Å²) in [6.07, 6.45) is 1.24. The molecule has 7 heteroatoms. The van der Waals surface area contributed by atoms with Crippen LogP contribution in [-0.4, -0.2) is 34.6 Å². The number of rotatable bonds is 12. The lowest BCUT2D eigenvalue weighted by atomic mass is 10.0. The standard InChI is InChI=1S/C30H34Cl2N2O2S/c1-4-22(3)33-30(36)28(17-23-11-6-5-7-12-23)34(18-24-13-8-10-21(2)16-24)29(35)20-37-19-25-26(31)14-9-15-27(25)32/h5-16,22,28H,4,17-20H2,1-3H3,(H,33,36). The van der Waals surface area contributed by atoms with Gasteiger partial charge in [-0.05, 0) is 49.1 Å². The minimum absolute atomic E-state index is 0.0124. The van der Waals surface area contributed by atoms with E-state index < -0.39 is 6.04 Å². The molecule has 0 fully saturated rings. The number of carbonyl (C=O) groups is 2. The molecule has 4 nitrogen and oxygen atoms in total. The SMILES string of the molecule is CCC(C)NC(=O)C(Cc1ccccc1)N(Cc1cccc(C)c1)C(=O)CSCc1c(Cl)cccc1Cl. The Labute approximate surface area is 234 Å². The first-order valence-corrected chi connectivity index (χ1v) is 14.4. The van der Waals surface area contributed by atoms with Crippen molar-refractivity contribution < 1.29 is 9.59 Å². The average Bonchev–Trinajstić information content (AvgIpc) is 2.88. The van der Waals surface area contributed by atoms with Crippen molar-refractivity contribution >= 4 is 46.8 Å². The van der Waals surface area contributed by atoms with Gasteiger partial charge in [0, 0.05) is 34.8 Å². The first-order chi connectivity index (χ1) is 17.8. The number of carbonyl (C=O) groups excluding carboxylic acids is 2. The van der Waals surface area contributed by atoms with Crippen LogP contribution in [0.3, 0.4) is 0 Å². The zero-order valence-electron chi connectivity index (χ0n) is 21.5. The van der Waals surface area contributed by atoms with Gasteiger partial charge in [-0.3, -0.25) is 9.59 Å². The van der Waals surface area contributed by atoms with E-state index in [9.17, 15) is 9.59 Å². The number of aryl methyl sites for hydroxylation is 1. The van der Waals surface area contributed by atoms with Crippen molar-refractivity contribution in [2.24, 2.45) is 0 Å². The molecule has 2 atom stereocenters. The molecule has 0 aliphatic carbocycles. The van der Waals surface area contributed by atoms with Gasteiger partial charge in [0.05, 0.1) is 5.75 Å². The maximum Gasteiger partial charge on any atom is 0.243 e. The summed E-state index contributed by atoms with van der Waals surface area (Å²) < 4.78 is 0. The van der Waals surface area contributed by atoms with Crippen molar-refractivity contribution in [3.05, 3.63) is 105 Å². The molecule has 0 spiro atoms. The molecule has 3 rings (SSSR count). The third kappa shape index (κ3) is 8.80. The van der Waals surface area contributed by atoms with E-state index in [1.165, 1.54) is 11.8 Å². The maximum atomic E-state index is 13.7. The predicted molar refractivity (Wildman–Crippen MR) is 156 cm³/mol. The average molecular weight is 558 g/mol. The second-order valence-corrected chi connectivity index (χ2v) is 11.0. The molecule has 0 aromatic heterocycles. The molecule has 2 amide bonds. The van der Waals surface area contributed by atoms with Crippen LogP contribution in [0.1, 0.15) is 42.5 Å². The van der Waals surface area contributed by atoms with E-state index in [2.05, 4.69) is 11.4 Å². The fraction of sp³-hybridized carbons (Fsp3) is 0.333. The minimum atomic E-state index is -0.645. The summed E-state index contributed by atoms with van der Waals surface area (Å²) in [6, 6.07) is 22.7. The Morgan fingerprint density at radius 2 is 1.59 bits per heavy atom. The van der Waals surface area contributed by atoms with Gasteiger partial charge in [0.1, 0.15) is 6.04 Å². The van der Waals surface area contributed by atoms with Gasteiger partial charge in [-0.2, -0.15) is 0 Å². The summed E-state index contributed by atoms with van der Waals surface area (Å²) in [5.74, 6) is 0.466. The van der Waals surface area contributed by atoms with Gasteiger partial charge < -0.3 is 10.2 Å². The van der Waals surface area contributed by atoms with E-state index in [-0.39, 0.29) is 23.6 Å². The number of hydrogen-bond donors (Lipinski definition) is 1. The Morgan fingerprint density at radius 1 is 0.946 bits per heavy atom. The van der Waals surface area contributed by atoms with E-state index >= 15 is 0 Å². The van der Waals surface area contributed by atoms with E-state index in [0.29, 0.717) is 28.8 Å². The summed E-state index contributed by atoms with van der Waals surface area (Å²) >= 11 is 14.1. The molecule has 0 aliphatic rings. The number of benzene rings is 3. The Hall–Kier alpha value is -2.47. The summed E-state index contributed by atoms with van der Waals surface area (Å²) in [7, 11) is 0. The third-order valence-corrected chi connectivity index (χ3v) is 7.89. The number of amides is 2. The van der Waals surface area contributed by atoms with Crippen molar-refractivity contribution in [3.63, 3.8) is 0 Å². The first-order valence-electron chi connectivity index (χ1n) is 12.5. The van der Waals surface area contributed by atoms with Gasteiger partial charge >= 0.3 is 0 Å². The van der Waals surface area contributed by atoms with Gasteiger partial charge in [0.25, 0.3) is 0 Å². The minimum Gasteiger partial charge on any atom is -0.352 e.